The van der Waals surface area contributed by atoms with E-state index in [1.807, 2.05) is 12.1 Å². The molecule has 1 saturated carbocycles. The highest BCUT2D eigenvalue weighted by Gasteiger charge is 2.22. The van der Waals surface area contributed by atoms with Crippen molar-refractivity contribution in [3.63, 3.8) is 0 Å². The molecule has 0 radical (unpaired) electrons. The first-order valence-corrected chi connectivity index (χ1v) is 7.55. The quantitative estimate of drug-likeness (QED) is 0.937. The van der Waals surface area contributed by atoms with Crippen LogP contribution < -0.4 is 5.32 Å². The van der Waals surface area contributed by atoms with E-state index < -0.39 is 0 Å². The summed E-state index contributed by atoms with van der Waals surface area (Å²) >= 11 is 0. The summed E-state index contributed by atoms with van der Waals surface area (Å²) in [6.07, 6.45) is 9.36. The van der Waals surface area contributed by atoms with E-state index >= 15 is 0 Å². The van der Waals surface area contributed by atoms with Gasteiger partial charge in [0.25, 0.3) is 5.91 Å². The molecule has 2 aromatic heterocycles. The van der Waals surface area contributed by atoms with Crippen LogP contribution >= 0.6 is 0 Å². The number of aromatic nitrogens is 3. The van der Waals surface area contributed by atoms with Crippen LogP contribution in [0.25, 0.3) is 5.82 Å². The molecule has 0 aromatic carbocycles. The lowest BCUT2D eigenvalue weighted by atomic mass is 9.93. The lowest BCUT2D eigenvalue weighted by Gasteiger charge is -2.28. The van der Waals surface area contributed by atoms with E-state index in [9.17, 15) is 4.79 Å². The number of nitrogens with zero attached hydrogens (tertiary/aromatic N) is 3. The lowest BCUT2D eigenvalue weighted by molar-refractivity contribution is 0.0598. The molecule has 1 aliphatic carbocycles. The fourth-order valence-electron chi connectivity index (χ4n) is 2.79. The van der Waals surface area contributed by atoms with E-state index in [-0.39, 0.29) is 11.9 Å². The number of rotatable bonds is 4. The first kappa shape index (κ1) is 14.7. The third kappa shape index (κ3) is 3.33. The average molecular weight is 300 g/mol. The number of carbonyl (C=O) groups is 1. The summed E-state index contributed by atoms with van der Waals surface area (Å²) in [6.45, 7) is 0. The zero-order chi connectivity index (χ0) is 15.4. The van der Waals surface area contributed by atoms with Crippen LogP contribution in [0.15, 0.2) is 36.9 Å². The Balaban J connectivity index is 1.64. The minimum atomic E-state index is -0.122. The van der Waals surface area contributed by atoms with Gasteiger partial charge in [-0.3, -0.25) is 9.36 Å². The van der Waals surface area contributed by atoms with Gasteiger partial charge in [0.15, 0.2) is 0 Å². The van der Waals surface area contributed by atoms with Crippen LogP contribution in [0.2, 0.25) is 0 Å². The van der Waals surface area contributed by atoms with Gasteiger partial charge >= 0.3 is 0 Å². The van der Waals surface area contributed by atoms with Crippen molar-refractivity contribution in [3.8, 4) is 5.82 Å². The topological polar surface area (TPSA) is 69.0 Å². The molecule has 0 aliphatic heterocycles. The van der Waals surface area contributed by atoms with E-state index in [1.54, 1.807) is 36.5 Å². The number of nitrogens with one attached hydrogen (secondary N) is 1. The summed E-state index contributed by atoms with van der Waals surface area (Å²) in [4.78, 5) is 20.7. The Hall–Kier alpha value is -2.21. The van der Waals surface area contributed by atoms with E-state index in [4.69, 9.17) is 4.74 Å². The van der Waals surface area contributed by atoms with Crippen molar-refractivity contribution in [2.24, 2.45) is 0 Å². The van der Waals surface area contributed by atoms with Gasteiger partial charge in [0, 0.05) is 25.5 Å². The standard InChI is InChI=1S/C16H20N4O2/c1-22-13-7-5-12(6-8-13)18-16(21)14-3-2-4-15(19-14)20-10-9-17-11-20/h2-4,9-13H,5-8H2,1H3,(H,18,21)/t12-,13+. The van der Waals surface area contributed by atoms with Crippen LogP contribution in [0, 0.1) is 0 Å². The SMILES string of the molecule is CO[C@H]1CC[C@@H](NC(=O)c2cccc(-n3ccnc3)n2)CC1. The molecule has 1 amide bonds. The highest BCUT2D eigenvalue weighted by atomic mass is 16.5. The smallest absolute Gasteiger partial charge is 0.270 e. The zero-order valence-electron chi connectivity index (χ0n) is 12.6. The van der Waals surface area contributed by atoms with Crippen LogP contribution in [0.3, 0.4) is 0 Å². The Kier molecular flexibility index (Phi) is 4.48. The predicted molar refractivity (Wildman–Crippen MR) is 81.9 cm³/mol. The third-order valence-corrected chi connectivity index (χ3v) is 4.08. The maximum absolute atomic E-state index is 12.4. The first-order chi connectivity index (χ1) is 10.8. The number of hydrogen-bond donors (Lipinski definition) is 1. The summed E-state index contributed by atoms with van der Waals surface area (Å²) in [7, 11) is 1.75. The molecule has 0 bridgehead atoms. The highest BCUT2D eigenvalue weighted by molar-refractivity contribution is 5.92. The Morgan fingerprint density at radius 3 is 2.82 bits per heavy atom. The van der Waals surface area contributed by atoms with Crippen molar-refractivity contribution in [2.45, 2.75) is 37.8 Å². The van der Waals surface area contributed by atoms with Gasteiger partial charge in [0.05, 0.1) is 6.10 Å². The molecule has 1 aliphatic rings. The van der Waals surface area contributed by atoms with Crippen molar-refractivity contribution in [1.29, 1.82) is 0 Å². The molecule has 2 heterocycles. The molecule has 3 rings (SSSR count). The van der Waals surface area contributed by atoms with Crippen LogP contribution in [0.5, 0.6) is 0 Å². The molecule has 6 heteroatoms. The molecule has 0 atom stereocenters. The van der Waals surface area contributed by atoms with Gasteiger partial charge in [-0.05, 0) is 37.8 Å². The van der Waals surface area contributed by atoms with Gasteiger partial charge in [-0.2, -0.15) is 0 Å². The maximum atomic E-state index is 12.4. The molecule has 2 aromatic rings. The van der Waals surface area contributed by atoms with Crippen LogP contribution in [0.1, 0.15) is 36.2 Å². The van der Waals surface area contributed by atoms with Crippen LogP contribution in [-0.2, 0) is 4.74 Å². The van der Waals surface area contributed by atoms with Crippen LogP contribution in [0.4, 0.5) is 0 Å². The molecule has 0 unspecified atom stereocenters. The molecule has 0 spiro atoms. The molecular formula is C16H20N4O2. The summed E-state index contributed by atoms with van der Waals surface area (Å²) < 4.78 is 7.13. The molecule has 1 N–H and O–H groups in total. The van der Waals surface area contributed by atoms with Gasteiger partial charge in [-0.25, -0.2) is 9.97 Å². The summed E-state index contributed by atoms with van der Waals surface area (Å²) in [5.74, 6) is 0.566. The monoisotopic (exact) mass is 300 g/mol. The minimum absolute atomic E-state index is 0.122. The van der Waals surface area contributed by atoms with Crippen molar-refractivity contribution >= 4 is 5.91 Å². The van der Waals surface area contributed by atoms with Gasteiger partial charge in [0.2, 0.25) is 0 Å². The molecule has 22 heavy (non-hydrogen) atoms. The Morgan fingerprint density at radius 1 is 1.32 bits per heavy atom. The molecule has 6 nitrogen and oxygen atoms in total. The number of hydrogen-bond acceptors (Lipinski definition) is 4. The predicted octanol–water partition coefficient (Wildman–Crippen LogP) is 1.95. The number of ether oxygens (including phenoxy) is 1. The van der Waals surface area contributed by atoms with E-state index in [0.29, 0.717) is 17.6 Å². The Bertz CT molecular complexity index is 619. The maximum Gasteiger partial charge on any atom is 0.270 e. The van der Waals surface area contributed by atoms with E-state index in [1.165, 1.54) is 0 Å². The van der Waals surface area contributed by atoms with Crippen molar-refractivity contribution < 1.29 is 9.53 Å². The average Bonchev–Trinajstić information content (AvgIpc) is 3.10. The number of amides is 1. The van der Waals surface area contributed by atoms with Crippen LogP contribution in [-0.4, -0.2) is 39.7 Å². The van der Waals surface area contributed by atoms with E-state index in [2.05, 4.69) is 15.3 Å². The second kappa shape index (κ2) is 6.70. The second-order valence-corrected chi connectivity index (χ2v) is 5.53. The number of methoxy groups -OCH3 is 1. The Morgan fingerprint density at radius 2 is 2.14 bits per heavy atom. The molecule has 116 valence electrons. The summed E-state index contributed by atoms with van der Waals surface area (Å²) in [5, 5.41) is 3.07. The van der Waals surface area contributed by atoms with Crippen molar-refractivity contribution in [2.75, 3.05) is 7.11 Å². The largest absolute Gasteiger partial charge is 0.381 e. The van der Waals surface area contributed by atoms with Gasteiger partial charge in [0.1, 0.15) is 17.8 Å². The fraction of sp³-hybridized carbons (Fsp3) is 0.438. The number of imidazole rings is 1. The first-order valence-electron chi connectivity index (χ1n) is 7.55. The molecule has 1 fully saturated rings. The van der Waals surface area contributed by atoms with Gasteiger partial charge in [-0.1, -0.05) is 6.07 Å². The van der Waals surface area contributed by atoms with Crippen molar-refractivity contribution in [1.82, 2.24) is 19.9 Å². The number of pyridine rings is 1. The van der Waals surface area contributed by atoms with Gasteiger partial charge < -0.3 is 10.1 Å². The number of carbonyl (C=O) groups excluding carboxylic acids is 1. The highest BCUT2D eigenvalue weighted by Crippen LogP contribution is 2.20. The Labute approximate surface area is 129 Å². The van der Waals surface area contributed by atoms with E-state index in [0.717, 1.165) is 25.7 Å². The fourth-order valence-corrected chi connectivity index (χ4v) is 2.79. The zero-order valence-corrected chi connectivity index (χ0v) is 12.6. The second-order valence-electron chi connectivity index (χ2n) is 5.53. The lowest BCUT2D eigenvalue weighted by Crippen LogP contribution is -2.39. The molecular weight excluding hydrogens is 280 g/mol. The summed E-state index contributed by atoms with van der Waals surface area (Å²) in [6, 6.07) is 5.62. The molecule has 0 saturated heterocycles. The normalized spacial score (nSPS) is 21.5. The summed E-state index contributed by atoms with van der Waals surface area (Å²) in [5.41, 5.74) is 0.431. The third-order valence-electron chi connectivity index (χ3n) is 4.08. The van der Waals surface area contributed by atoms with Gasteiger partial charge in [-0.15, -0.1) is 0 Å². The minimum Gasteiger partial charge on any atom is -0.381 e. The van der Waals surface area contributed by atoms with Crippen molar-refractivity contribution in [3.05, 3.63) is 42.6 Å².